The van der Waals surface area contributed by atoms with Crippen molar-refractivity contribution in [3.63, 3.8) is 0 Å². The molecule has 1 saturated heterocycles. The normalized spacial score (nSPS) is 27.3. The van der Waals surface area contributed by atoms with E-state index >= 15 is 0 Å². The lowest BCUT2D eigenvalue weighted by molar-refractivity contribution is -0.124. The molecule has 1 amide bonds. The predicted molar refractivity (Wildman–Crippen MR) is 87.3 cm³/mol. The second-order valence-corrected chi connectivity index (χ2v) is 6.73. The monoisotopic (exact) mass is 340 g/mol. The molecule has 126 valence electrons. The summed E-state index contributed by atoms with van der Waals surface area (Å²) < 4.78 is 19.2. The summed E-state index contributed by atoms with van der Waals surface area (Å²) >= 11 is 0. The van der Waals surface area contributed by atoms with Crippen LogP contribution >= 0.6 is 12.4 Å². The summed E-state index contributed by atoms with van der Waals surface area (Å²) in [6, 6.07) is 4.78. The van der Waals surface area contributed by atoms with Crippen molar-refractivity contribution in [1.29, 1.82) is 0 Å². The number of rotatable bonds is 2. The highest BCUT2D eigenvalue weighted by atomic mass is 35.5. The molecule has 2 atom stereocenters. The first-order valence-corrected chi connectivity index (χ1v) is 8.12. The average molecular weight is 341 g/mol. The Kier molecular flexibility index (Phi) is 4.52. The van der Waals surface area contributed by atoms with Gasteiger partial charge >= 0.3 is 0 Å². The Balaban J connectivity index is 0.00000156. The van der Waals surface area contributed by atoms with E-state index in [0.717, 1.165) is 37.9 Å². The Hall–Kier alpha value is -1.33. The van der Waals surface area contributed by atoms with E-state index < -0.39 is 0 Å². The van der Waals surface area contributed by atoms with E-state index in [-0.39, 0.29) is 41.5 Å². The van der Waals surface area contributed by atoms with E-state index in [9.17, 15) is 9.18 Å². The standard InChI is InChI=1S/C17H21FN2O2.ClH/c18-13-3-1-2-11-14(4-9-22-15(11)13)20-16(21)12-10-17(12)5-7-19-8-6-17;/h1-3,12,14,19H,4-10H2,(H,20,21);1H/t12?,14-;/m1./s1. The third-order valence-electron chi connectivity index (χ3n) is 5.45. The van der Waals surface area contributed by atoms with Crippen molar-refractivity contribution < 1.29 is 13.9 Å². The third kappa shape index (κ3) is 2.92. The van der Waals surface area contributed by atoms with Crippen LogP contribution in [0.2, 0.25) is 0 Å². The number of hydrogen-bond donors (Lipinski definition) is 2. The number of nitrogens with one attached hydrogen (secondary N) is 2. The minimum absolute atomic E-state index is 0. The quantitative estimate of drug-likeness (QED) is 0.870. The van der Waals surface area contributed by atoms with Gasteiger partial charge in [-0.15, -0.1) is 12.4 Å². The lowest BCUT2D eigenvalue weighted by atomic mass is 9.91. The van der Waals surface area contributed by atoms with Crippen LogP contribution in [-0.2, 0) is 4.79 Å². The van der Waals surface area contributed by atoms with Gasteiger partial charge in [0.15, 0.2) is 11.6 Å². The number of hydrogen-bond acceptors (Lipinski definition) is 3. The highest BCUT2D eigenvalue weighted by Gasteiger charge is 2.57. The topological polar surface area (TPSA) is 50.4 Å². The average Bonchev–Trinajstić information content (AvgIpc) is 3.22. The van der Waals surface area contributed by atoms with Gasteiger partial charge in [0.1, 0.15) is 0 Å². The van der Waals surface area contributed by atoms with Crippen LogP contribution in [0.4, 0.5) is 4.39 Å². The summed E-state index contributed by atoms with van der Waals surface area (Å²) in [6.07, 6.45) is 3.87. The van der Waals surface area contributed by atoms with E-state index in [2.05, 4.69) is 10.6 Å². The van der Waals surface area contributed by atoms with E-state index in [4.69, 9.17) is 4.74 Å². The molecule has 0 bridgehead atoms. The van der Waals surface area contributed by atoms with Crippen LogP contribution in [0.1, 0.15) is 37.3 Å². The van der Waals surface area contributed by atoms with Gasteiger partial charge in [-0.3, -0.25) is 4.79 Å². The molecule has 2 heterocycles. The zero-order chi connectivity index (χ0) is 15.2. The van der Waals surface area contributed by atoms with Gasteiger partial charge in [0.05, 0.1) is 12.6 Å². The maximum absolute atomic E-state index is 13.8. The molecule has 4 rings (SSSR count). The van der Waals surface area contributed by atoms with Crippen molar-refractivity contribution in [3.8, 4) is 5.75 Å². The van der Waals surface area contributed by atoms with E-state index in [0.29, 0.717) is 18.8 Å². The smallest absolute Gasteiger partial charge is 0.224 e. The maximum Gasteiger partial charge on any atom is 0.224 e. The molecule has 1 aromatic rings. The third-order valence-corrected chi connectivity index (χ3v) is 5.45. The molecule has 2 N–H and O–H groups in total. The molecule has 2 aliphatic heterocycles. The maximum atomic E-state index is 13.8. The first-order valence-electron chi connectivity index (χ1n) is 8.12. The van der Waals surface area contributed by atoms with Gasteiger partial charge in [0, 0.05) is 17.9 Å². The number of halogens is 2. The second-order valence-electron chi connectivity index (χ2n) is 6.73. The van der Waals surface area contributed by atoms with Gasteiger partial charge in [0.2, 0.25) is 5.91 Å². The molecule has 1 spiro atoms. The Morgan fingerprint density at radius 1 is 1.35 bits per heavy atom. The van der Waals surface area contributed by atoms with E-state index in [1.165, 1.54) is 6.07 Å². The summed E-state index contributed by atoms with van der Waals surface area (Å²) in [6.45, 7) is 2.46. The van der Waals surface area contributed by atoms with Crippen LogP contribution in [0.15, 0.2) is 18.2 Å². The molecule has 0 radical (unpaired) electrons. The fraction of sp³-hybridized carbons (Fsp3) is 0.588. The summed E-state index contributed by atoms with van der Waals surface area (Å²) in [5.74, 6) is 0.211. The molecular weight excluding hydrogens is 319 g/mol. The molecule has 1 aliphatic carbocycles. The number of carbonyl (C=O) groups is 1. The molecule has 1 saturated carbocycles. The van der Waals surface area contributed by atoms with Gasteiger partial charge < -0.3 is 15.4 Å². The molecule has 1 unspecified atom stereocenters. The summed E-state index contributed by atoms with van der Waals surface area (Å²) in [5, 5.41) is 6.48. The Bertz CT molecular complexity index is 604. The van der Waals surface area contributed by atoms with Crippen LogP contribution in [0.3, 0.4) is 0 Å². The molecule has 23 heavy (non-hydrogen) atoms. The van der Waals surface area contributed by atoms with Crippen LogP contribution in [0, 0.1) is 17.2 Å². The molecule has 6 heteroatoms. The van der Waals surface area contributed by atoms with Gasteiger partial charge in [-0.2, -0.15) is 0 Å². The van der Waals surface area contributed by atoms with Crippen LogP contribution < -0.4 is 15.4 Å². The molecular formula is C17H22ClFN2O2. The molecule has 0 aromatic heterocycles. The minimum Gasteiger partial charge on any atom is -0.490 e. The van der Waals surface area contributed by atoms with Crippen molar-refractivity contribution in [2.45, 2.75) is 31.7 Å². The van der Waals surface area contributed by atoms with E-state index in [1.807, 2.05) is 6.07 Å². The number of benzene rings is 1. The van der Waals surface area contributed by atoms with Crippen molar-refractivity contribution in [2.75, 3.05) is 19.7 Å². The first-order chi connectivity index (χ1) is 10.7. The van der Waals surface area contributed by atoms with Gasteiger partial charge in [-0.05, 0) is 43.8 Å². The van der Waals surface area contributed by atoms with Crippen LogP contribution in [0.5, 0.6) is 5.75 Å². The van der Waals surface area contributed by atoms with Crippen molar-refractivity contribution in [1.82, 2.24) is 10.6 Å². The number of carbonyl (C=O) groups excluding carboxylic acids is 1. The number of piperidine rings is 1. The molecule has 2 fully saturated rings. The largest absolute Gasteiger partial charge is 0.490 e. The SMILES string of the molecule is Cl.O=C(N[C@@H]1CCOc2c(F)cccc21)C1CC12CCNCC2. The Morgan fingerprint density at radius 3 is 2.91 bits per heavy atom. The highest BCUT2D eigenvalue weighted by Crippen LogP contribution is 2.58. The fourth-order valence-corrected chi connectivity index (χ4v) is 4.00. The zero-order valence-corrected chi connectivity index (χ0v) is 13.8. The first kappa shape index (κ1) is 16.5. The van der Waals surface area contributed by atoms with Crippen LogP contribution in [-0.4, -0.2) is 25.6 Å². The number of amides is 1. The van der Waals surface area contributed by atoms with Gasteiger partial charge in [0.25, 0.3) is 0 Å². The molecule has 3 aliphatic rings. The second kappa shape index (κ2) is 6.29. The van der Waals surface area contributed by atoms with Crippen molar-refractivity contribution >= 4 is 18.3 Å². The number of para-hydroxylation sites is 1. The number of fused-ring (bicyclic) bond motifs is 1. The predicted octanol–water partition coefficient (Wildman–Crippen LogP) is 2.58. The lowest BCUT2D eigenvalue weighted by Crippen LogP contribution is -2.36. The zero-order valence-electron chi connectivity index (χ0n) is 12.9. The Morgan fingerprint density at radius 2 is 2.13 bits per heavy atom. The lowest BCUT2D eigenvalue weighted by Gasteiger charge is -2.28. The van der Waals surface area contributed by atoms with Gasteiger partial charge in [-0.25, -0.2) is 4.39 Å². The number of ether oxygens (including phenoxy) is 1. The summed E-state index contributed by atoms with van der Waals surface area (Å²) in [5.41, 5.74) is 0.991. The summed E-state index contributed by atoms with van der Waals surface area (Å²) in [7, 11) is 0. The minimum atomic E-state index is -0.349. The van der Waals surface area contributed by atoms with Gasteiger partial charge in [-0.1, -0.05) is 12.1 Å². The van der Waals surface area contributed by atoms with Crippen LogP contribution in [0.25, 0.3) is 0 Å². The highest BCUT2D eigenvalue weighted by molar-refractivity contribution is 5.85. The Labute approximate surface area is 141 Å². The van der Waals surface area contributed by atoms with Crippen molar-refractivity contribution in [3.05, 3.63) is 29.6 Å². The fourth-order valence-electron chi connectivity index (χ4n) is 4.00. The molecule has 4 nitrogen and oxygen atoms in total. The van der Waals surface area contributed by atoms with E-state index in [1.54, 1.807) is 6.07 Å². The van der Waals surface area contributed by atoms with Crippen molar-refractivity contribution in [2.24, 2.45) is 11.3 Å². The molecule has 1 aromatic carbocycles. The summed E-state index contributed by atoms with van der Waals surface area (Å²) in [4.78, 5) is 12.6.